The second-order valence-electron chi connectivity index (χ2n) is 8.25. The lowest BCUT2D eigenvalue weighted by atomic mass is 10.1. The third kappa shape index (κ3) is 4.82. The molecule has 2 aromatic carbocycles. The number of amides is 1. The first-order valence-electron chi connectivity index (χ1n) is 10.9. The number of rotatable bonds is 7. The summed E-state index contributed by atoms with van der Waals surface area (Å²) in [6.45, 7) is 10.3. The molecule has 2 N–H and O–H groups in total. The minimum atomic E-state index is -0.0985. The molecule has 0 aliphatic carbocycles. The van der Waals surface area contributed by atoms with Gasteiger partial charge in [0.25, 0.3) is 5.91 Å². The van der Waals surface area contributed by atoms with Crippen LogP contribution >= 0.6 is 0 Å². The lowest BCUT2D eigenvalue weighted by Gasteiger charge is -2.36. The summed E-state index contributed by atoms with van der Waals surface area (Å²) in [4.78, 5) is 17.5. The SMILES string of the molecule is Cc1cccc(N2CCN(CCCCNC(=O)c3n[nH]c4ccc(C)cc34)CC2)c1. The molecule has 0 radical (unpaired) electrons. The number of aromatic nitrogens is 2. The maximum absolute atomic E-state index is 12.5. The average molecular weight is 406 g/mol. The zero-order chi connectivity index (χ0) is 20.9. The van der Waals surface area contributed by atoms with Crippen LogP contribution in [0.3, 0.4) is 0 Å². The number of piperazine rings is 1. The maximum Gasteiger partial charge on any atom is 0.272 e. The molecule has 1 aliphatic rings. The first kappa shape index (κ1) is 20.4. The maximum atomic E-state index is 12.5. The van der Waals surface area contributed by atoms with Gasteiger partial charge in [-0.2, -0.15) is 5.10 Å². The van der Waals surface area contributed by atoms with Crippen molar-refractivity contribution < 1.29 is 4.79 Å². The highest BCUT2D eigenvalue weighted by Gasteiger charge is 2.17. The zero-order valence-electron chi connectivity index (χ0n) is 17.9. The van der Waals surface area contributed by atoms with E-state index >= 15 is 0 Å². The normalized spacial score (nSPS) is 14.9. The summed E-state index contributed by atoms with van der Waals surface area (Å²) >= 11 is 0. The van der Waals surface area contributed by atoms with Gasteiger partial charge in [-0.1, -0.05) is 23.8 Å². The van der Waals surface area contributed by atoms with Crippen molar-refractivity contribution in [2.75, 3.05) is 44.2 Å². The summed E-state index contributed by atoms with van der Waals surface area (Å²) in [5.41, 5.74) is 5.16. The van der Waals surface area contributed by atoms with Gasteiger partial charge in [-0.25, -0.2) is 0 Å². The van der Waals surface area contributed by atoms with Gasteiger partial charge < -0.3 is 10.2 Å². The number of nitrogens with zero attached hydrogens (tertiary/aromatic N) is 3. The summed E-state index contributed by atoms with van der Waals surface area (Å²) < 4.78 is 0. The van der Waals surface area contributed by atoms with E-state index in [9.17, 15) is 4.79 Å². The minimum absolute atomic E-state index is 0.0985. The van der Waals surface area contributed by atoms with E-state index in [1.807, 2.05) is 25.1 Å². The number of benzene rings is 2. The minimum Gasteiger partial charge on any atom is -0.369 e. The van der Waals surface area contributed by atoms with E-state index < -0.39 is 0 Å². The van der Waals surface area contributed by atoms with Crippen LogP contribution in [0.5, 0.6) is 0 Å². The van der Waals surface area contributed by atoms with Crippen molar-refractivity contribution in [3.8, 4) is 0 Å². The Bertz CT molecular complexity index is 1000. The summed E-state index contributed by atoms with van der Waals surface area (Å²) in [5.74, 6) is -0.0985. The topological polar surface area (TPSA) is 64.3 Å². The number of unbranched alkanes of at least 4 members (excludes halogenated alkanes) is 1. The number of hydrogen-bond acceptors (Lipinski definition) is 4. The molecule has 158 valence electrons. The number of carbonyl (C=O) groups excluding carboxylic acids is 1. The number of anilines is 1. The number of fused-ring (bicyclic) bond motifs is 1. The van der Waals surface area contributed by atoms with E-state index in [1.165, 1.54) is 11.3 Å². The molecule has 6 heteroatoms. The third-order valence-corrected chi connectivity index (χ3v) is 5.86. The third-order valence-electron chi connectivity index (χ3n) is 5.86. The van der Waals surface area contributed by atoms with Gasteiger partial charge in [0.05, 0.1) is 5.52 Å². The fourth-order valence-electron chi connectivity index (χ4n) is 4.10. The molecule has 1 aliphatic heterocycles. The van der Waals surface area contributed by atoms with Gasteiger partial charge in [0.2, 0.25) is 0 Å². The molecule has 0 bridgehead atoms. The first-order chi connectivity index (χ1) is 14.6. The molecule has 0 atom stereocenters. The van der Waals surface area contributed by atoms with Gasteiger partial charge >= 0.3 is 0 Å². The molecule has 2 heterocycles. The molecule has 6 nitrogen and oxygen atoms in total. The summed E-state index contributed by atoms with van der Waals surface area (Å²) in [6.07, 6.45) is 2.07. The fraction of sp³-hybridized carbons (Fsp3) is 0.417. The molecule has 3 aromatic rings. The van der Waals surface area contributed by atoms with Gasteiger partial charge in [-0.05, 0) is 63.1 Å². The molecular weight excluding hydrogens is 374 g/mol. The lowest BCUT2D eigenvalue weighted by molar-refractivity contribution is 0.0949. The highest BCUT2D eigenvalue weighted by molar-refractivity contribution is 6.04. The van der Waals surface area contributed by atoms with E-state index in [2.05, 4.69) is 56.5 Å². The monoisotopic (exact) mass is 405 g/mol. The van der Waals surface area contributed by atoms with Crippen molar-refractivity contribution >= 4 is 22.5 Å². The molecule has 4 rings (SSSR count). The second kappa shape index (κ2) is 9.30. The predicted octanol–water partition coefficient (Wildman–Crippen LogP) is 3.51. The smallest absolute Gasteiger partial charge is 0.272 e. The van der Waals surface area contributed by atoms with Gasteiger partial charge in [0.1, 0.15) is 0 Å². The van der Waals surface area contributed by atoms with Crippen LogP contribution in [0.1, 0.15) is 34.5 Å². The molecule has 30 heavy (non-hydrogen) atoms. The largest absolute Gasteiger partial charge is 0.369 e. The Morgan fingerprint density at radius 2 is 1.83 bits per heavy atom. The number of H-pyrrole nitrogens is 1. The van der Waals surface area contributed by atoms with E-state index in [1.54, 1.807) is 0 Å². The van der Waals surface area contributed by atoms with Crippen LogP contribution in [0, 0.1) is 13.8 Å². The van der Waals surface area contributed by atoms with E-state index in [-0.39, 0.29) is 5.91 Å². The van der Waals surface area contributed by atoms with Crippen molar-refractivity contribution in [3.63, 3.8) is 0 Å². The van der Waals surface area contributed by atoms with Crippen LogP contribution in [-0.4, -0.2) is 60.3 Å². The summed E-state index contributed by atoms with van der Waals surface area (Å²) in [7, 11) is 0. The van der Waals surface area contributed by atoms with Crippen molar-refractivity contribution in [1.82, 2.24) is 20.4 Å². The Balaban J connectivity index is 1.16. The fourth-order valence-corrected chi connectivity index (χ4v) is 4.10. The van der Waals surface area contributed by atoms with Crippen LogP contribution in [0.25, 0.3) is 10.9 Å². The van der Waals surface area contributed by atoms with Gasteiger partial charge in [0.15, 0.2) is 5.69 Å². The molecule has 1 amide bonds. The van der Waals surface area contributed by atoms with Crippen LogP contribution in [-0.2, 0) is 0 Å². The Morgan fingerprint density at radius 1 is 1.03 bits per heavy atom. The van der Waals surface area contributed by atoms with Crippen LogP contribution in [0.4, 0.5) is 5.69 Å². The number of hydrogen-bond donors (Lipinski definition) is 2. The van der Waals surface area contributed by atoms with E-state index in [0.717, 1.165) is 62.0 Å². The Kier molecular flexibility index (Phi) is 6.33. The predicted molar refractivity (Wildman–Crippen MR) is 122 cm³/mol. The van der Waals surface area contributed by atoms with Crippen molar-refractivity contribution in [2.45, 2.75) is 26.7 Å². The van der Waals surface area contributed by atoms with E-state index in [4.69, 9.17) is 0 Å². The lowest BCUT2D eigenvalue weighted by Crippen LogP contribution is -2.46. The highest BCUT2D eigenvalue weighted by Crippen LogP contribution is 2.18. The van der Waals surface area contributed by atoms with Crippen molar-refractivity contribution in [3.05, 3.63) is 59.3 Å². The molecule has 0 unspecified atom stereocenters. The molecule has 1 aromatic heterocycles. The van der Waals surface area contributed by atoms with Gasteiger partial charge in [-0.15, -0.1) is 0 Å². The average Bonchev–Trinajstić information content (AvgIpc) is 3.17. The molecule has 1 saturated heterocycles. The number of carbonyl (C=O) groups is 1. The molecule has 0 spiro atoms. The van der Waals surface area contributed by atoms with E-state index in [0.29, 0.717) is 12.2 Å². The molecule has 1 fully saturated rings. The number of nitrogens with one attached hydrogen (secondary N) is 2. The Hall–Kier alpha value is -2.86. The van der Waals surface area contributed by atoms with Crippen molar-refractivity contribution in [2.24, 2.45) is 0 Å². The van der Waals surface area contributed by atoms with Crippen LogP contribution in [0.15, 0.2) is 42.5 Å². The van der Waals surface area contributed by atoms with Gasteiger partial charge in [-0.3, -0.25) is 14.8 Å². The number of aromatic amines is 1. The van der Waals surface area contributed by atoms with Crippen molar-refractivity contribution in [1.29, 1.82) is 0 Å². The quantitative estimate of drug-likeness (QED) is 0.591. The summed E-state index contributed by atoms with van der Waals surface area (Å²) in [6, 6.07) is 14.7. The molecule has 0 saturated carbocycles. The second-order valence-corrected chi connectivity index (χ2v) is 8.25. The Labute approximate surface area is 178 Å². The summed E-state index contributed by atoms with van der Waals surface area (Å²) in [5, 5.41) is 11.0. The van der Waals surface area contributed by atoms with Crippen LogP contribution in [0.2, 0.25) is 0 Å². The van der Waals surface area contributed by atoms with Gasteiger partial charge in [0, 0.05) is 43.8 Å². The highest BCUT2D eigenvalue weighted by atomic mass is 16.1. The Morgan fingerprint density at radius 3 is 2.63 bits per heavy atom. The van der Waals surface area contributed by atoms with Crippen LogP contribution < -0.4 is 10.2 Å². The zero-order valence-corrected chi connectivity index (χ0v) is 17.9. The number of aryl methyl sites for hydroxylation is 2. The first-order valence-corrected chi connectivity index (χ1v) is 10.9. The standard InChI is InChI=1S/C24H31N5O/c1-18-6-5-7-20(16-18)29-14-12-28(13-15-29)11-4-3-10-25-24(30)23-21-17-19(2)8-9-22(21)26-27-23/h5-9,16-17H,3-4,10-15H2,1-2H3,(H,25,30)(H,26,27). The molecular formula is C24H31N5O.